The van der Waals surface area contributed by atoms with Crippen molar-refractivity contribution in [3.8, 4) is 0 Å². The molecule has 112 valence electrons. The fourth-order valence-electron chi connectivity index (χ4n) is 2.26. The highest BCUT2D eigenvalue weighted by atomic mass is 32.1. The Morgan fingerprint density at radius 1 is 1.23 bits per heavy atom. The Bertz CT molecular complexity index is 942. The number of nitrogens with one attached hydrogen (secondary N) is 2. The average Bonchev–Trinajstić information content (AvgIpc) is 2.96. The molecular weight excluding hydrogens is 304 g/mol. The first-order valence-electron chi connectivity index (χ1n) is 6.59. The summed E-state index contributed by atoms with van der Waals surface area (Å²) in [5.41, 5.74) is 0.780. The molecule has 7 heteroatoms. The predicted octanol–water partition coefficient (Wildman–Crippen LogP) is 1.95. The van der Waals surface area contributed by atoms with Crippen LogP contribution in [0, 0.1) is 0 Å². The van der Waals surface area contributed by atoms with E-state index >= 15 is 0 Å². The molecule has 0 fully saturated rings. The first-order valence-corrected chi connectivity index (χ1v) is 7.47. The SMILES string of the molecule is O=C(O)CCNC(=O)c1ccc2c(c1)[nH]c(=O)c1ccsc12. The standard InChI is InChI=1S/C15H12N2O4S/c18-12(19)3-5-16-14(20)8-1-2-9-11(7-8)17-15(21)10-4-6-22-13(9)10/h1-2,4,6-7H,3,5H2,(H,16,20)(H,17,21)(H,18,19). The molecule has 0 saturated carbocycles. The number of benzene rings is 1. The van der Waals surface area contributed by atoms with Gasteiger partial charge < -0.3 is 15.4 Å². The molecule has 0 atom stereocenters. The van der Waals surface area contributed by atoms with Gasteiger partial charge in [-0.1, -0.05) is 6.07 Å². The molecule has 0 saturated heterocycles. The van der Waals surface area contributed by atoms with E-state index in [0.29, 0.717) is 16.5 Å². The van der Waals surface area contributed by atoms with Crippen LogP contribution < -0.4 is 10.9 Å². The van der Waals surface area contributed by atoms with Crippen LogP contribution in [0.5, 0.6) is 0 Å². The van der Waals surface area contributed by atoms with Crippen LogP contribution in [0.25, 0.3) is 21.0 Å². The third kappa shape index (κ3) is 2.58. The van der Waals surface area contributed by atoms with Gasteiger partial charge in [0.2, 0.25) is 0 Å². The van der Waals surface area contributed by atoms with Crippen molar-refractivity contribution < 1.29 is 14.7 Å². The number of carboxylic acid groups (broad SMARTS) is 1. The zero-order valence-corrected chi connectivity index (χ0v) is 12.2. The molecule has 3 N–H and O–H groups in total. The number of carbonyl (C=O) groups excluding carboxylic acids is 1. The van der Waals surface area contributed by atoms with Crippen molar-refractivity contribution in [2.45, 2.75) is 6.42 Å². The molecule has 0 unspecified atom stereocenters. The van der Waals surface area contributed by atoms with E-state index in [1.54, 1.807) is 24.3 Å². The van der Waals surface area contributed by atoms with Crippen molar-refractivity contribution in [3.63, 3.8) is 0 Å². The molecule has 0 aliphatic carbocycles. The van der Waals surface area contributed by atoms with Crippen molar-refractivity contribution in [3.05, 3.63) is 45.6 Å². The fourth-order valence-corrected chi connectivity index (χ4v) is 3.19. The molecule has 1 amide bonds. The van der Waals surface area contributed by atoms with Gasteiger partial charge in [-0.25, -0.2) is 0 Å². The molecule has 22 heavy (non-hydrogen) atoms. The second-order valence-electron chi connectivity index (χ2n) is 4.78. The smallest absolute Gasteiger partial charge is 0.305 e. The van der Waals surface area contributed by atoms with Crippen LogP contribution in [-0.4, -0.2) is 28.5 Å². The third-order valence-corrected chi connectivity index (χ3v) is 4.26. The lowest BCUT2D eigenvalue weighted by Gasteiger charge is -2.05. The molecule has 0 bridgehead atoms. The Morgan fingerprint density at radius 3 is 2.82 bits per heavy atom. The average molecular weight is 316 g/mol. The van der Waals surface area contributed by atoms with Gasteiger partial charge in [0, 0.05) is 22.2 Å². The Labute approximate surface area is 128 Å². The second-order valence-corrected chi connectivity index (χ2v) is 5.69. The number of hydrogen-bond donors (Lipinski definition) is 3. The van der Waals surface area contributed by atoms with Crippen LogP contribution in [0.2, 0.25) is 0 Å². The number of hydrogen-bond acceptors (Lipinski definition) is 4. The van der Waals surface area contributed by atoms with Gasteiger partial charge in [-0.2, -0.15) is 0 Å². The minimum atomic E-state index is -0.969. The largest absolute Gasteiger partial charge is 0.481 e. The molecular formula is C15H12N2O4S. The Kier molecular flexibility index (Phi) is 3.64. The molecule has 0 aliphatic rings. The van der Waals surface area contributed by atoms with Gasteiger partial charge in [0.25, 0.3) is 11.5 Å². The monoisotopic (exact) mass is 316 g/mol. The number of H-pyrrole nitrogens is 1. The van der Waals surface area contributed by atoms with Gasteiger partial charge in [0.05, 0.1) is 17.3 Å². The molecule has 3 aromatic rings. The number of thiophene rings is 1. The molecule has 3 rings (SSSR count). The summed E-state index contributed by atoms with van der Waals surface area (Å²) in [5.74, 6) is -1.33. The van der Waals surface area contributed by atoms with Crippen LogP contribution in [0.3, 0.4) is 0 Å². The van der Waals surface area contributed by atoms with Gasteiger partial charge in [0.15, 0.2) is 0 Å². The number of rotatable bonds is 4. The highest BCUT2D eigenvalue weighted by Gasteiger charge is 2.10. The number of carboxylic acids is 1. The van der Waals surface area contributed by atoms with Crippen molar-refractivity contribution in [2.75, 3.05) is 6.54 Å². The van der Waals surface area contributed by atoms with Crippen LogP contribution in [0.4, 0.5) is 0 Å². The van der Waals surface area contributed by atoms with Crippen LogP contribution in [0.1, 0.15) is 16.8 Å². The summed E-state index contributed by atoms with van der Waals surface area (Å²) < 4.78 is 0.886. The summed E-state index contributed by atoms with van der Waals surface area (Å²) in [5, 5.41) is 14.5. The minimum absolute atomic E-state index is 0.0622. The van der Waals surface area contributed by atoms with Crippen molar-refractivity contribution in [1.29, 1.82) is 0 Å². The summed E-state index contributed by atoms with van der Waals surface area (Å²) in [6, 6.07) is 6.82. The molecule has 0 radical (unpaired) electrons. The number of fused-ring (bicyclic) bond motifs is 3. The fraction of sp³-hybridized carbons (Fsp3) is 0.133. The number of aromatic nitrogens is 1. The van der Waals surface area contributed by atoms with E-state index in [2.05, 4.69) is 10.3 Å². The van der Waals surface area contributed by atoms with E-state index in [1.165, 1.54) is 11.3 Å². The molecule has 0 spiro atoms. The maximum absolute atomic E-state index is 12.0. The van der Waals surface area contributed by atoms with Crippen molar-refractivity contribution in [1.82, 2.24) is 10.3 Å². The summed E-state index contributed by atoms with van der Waals surface area (Å²) in [4.78, 5) is 37.1. The molecule has 0 aliphatic heterocycles. The van der Waals surface area contributed by atoms with Crippen LogP contribution in [-0.2, 0) is 4.79 Å². The Hall–Kier alpha value is -2.67. The molecule has 2 aromatic heterocycles. The van der Waals surface area contributed by atoms with E-state index in [-0.39, 0.29) is 24.4 Å². The highest BCUT2D eigenvalue weighted by molar-refractivity contribution is 7.18. The lowest BCUT2D eigenvalue weighted by atomic mass is 10.1. The third-order valence-electron chi connectivity index (χ3n) is 3.31. The molecule has 6 nitrogen and oxygen atoms in total. The zero-order valence-electron chi connectivity index (χ0n) is 11.4. The van der Waals surface area contributed by atoms with Gasteiger partial charge in [-0.3, -0.25) is 14.4 Å². The first kappa shape index (κ1) is 14.3. The van der Waals surface area contributed by atoms with Gasteiger partial charge in [-0.05, 0) is 23.6 Å². The van der Waals surface area contributed by atoms with Crippen LogP contribution in [0.15, 0.2) is 34.4 Å². The number of aromatic amines is 1. The number of amides is 1. The minimum Gasteiger partial charge on any atom is -0.481 e. The summed E-state index contributed by atoms with van der Waals surface area (Å²) in [7, 11) is 0. The summed E-state index contributed by atoms with van der Waals surface area (Å²) >= 11 is 1.48. The highest BCUT2D eigenvalue weighted by Crippen LogP contribution is 2.26. The second kappa shape index (κ2) is 5.61. The molecule has 2 heterocycles. The van der Waals surface area contributed by atoms with E-state index in [0.717, 1.165) is 10.1 Å². The van der Waals surface area contributed by atoms with Gasteiger partial charge >= 0.3 is 5.97 Å². The lowest BCUT2D eigenvalue weighted by Crippen LogP contribution is -2.26. The first-order chi connectivity index (χ1) is 10.6. The summed E-state index contributed by atoms with van der Waals surface area (Å²) in [6.07, 6.45) is -0.133. The van der Waals surface area contributed by atoms with Gasteiger partial charge in [-0.15, -0.1) is 11.3 Å². The predicted molar refractivity (Wildman–Crippen MR) is 84.5 cm³/mol. The van der Waals surface area contributed by atoms with E-state index in [1.807, 2.05) is 5.38 Å². The van der Waals surface area contributed by atoms with E-state index in [4.69, 9.17) is 5.11 Å². The number of pyridine rings is 1. The van der Waals surface area contributed by atoms with E-state index in [9.17, 15) is 14.4 Å². The maximum atomic E-state index is 12.0. The number of aliphatic carboxylic acids is 1. The maximum Gasteiger partial charge on any atom is 0.305 e. The quantitative estimate of drug-likeness (QED) is 0.685. The summed E-state index contributed by atoms with van der Waals surface area (Å²) in [6.45, 7) is 0.0622. The number of carbonyl (C=O) groups is 2. The molecule has 1 aromatic carbocycles. The topological polar surface area (TPSA) is 99.3 Å². The normalized spacial score (nSPS) is 10.9. The Morgan fingerprint density at radius 2 is 2.05 bits per heavy atom. The van der Waals surface area contributed by atoms with Crippen molar-refractivity contribution >= 4 is 44.2 Å². The van der Waals surface area contributed by atoms with Crippen LogP contribution >= 0.6 is 11.3 Å². The lowest BCUT2D eigenvalue weighted by molar-refractivity contribution is -0.136. The van der Waals surface area contributed by atoms with Crippen molar-refractivity contribution in [2.24, 2.45) is 0 Å². The Balaban J connectivity index is 1.96. The van der Waals surface area contributed by atoms with E-state index < -0.39 is 5.97 Å². The van der Waals surface area contributed by atoms with Gasteiger partial charge in [0.1, 0.15) is 0 Å². The zero-order chi connectivity index (χ0) is 15.7.